The number of aryl methyl sites for hydroxylation is 1. The van der Waals surface area contributed by atoms with Crippen LogP contribution in [-0.4, -0.2) is 37.0 Å². The maximum Gasteiger partial charge on any atom is 1.00 e. The number of nitrogen functional groups attached to an aromatic ring is 2. The summed E-state index contributed by atoms with van der Waals surface area (Å²) in [5.41, 5.74) is 14.1. The summed E-state index contributed by atoms with van der Waals surface area (Å²) < 4.78 is 70.9. The van der Waals surface area contributed by atoms with Gasteiger partial charge >= 0.3 is 88.7 Å². The summed E-state index contributed by atoms with van der Waals surface area (Å²) in [5, 5.41) is 46.1. The second-order valence-corrected chi connectivity index (χ2v) is 14.5. The summed E-state index contributed by atoms with van der Waals surface area (Å²) in [6.07, 6.45) is 0. The van der Waals surface area contributed by atoms with E-state index in [1.807, 2.05) is 0 Å². The number of aromatic hydroxyl groups is 1. The first-order valence-corrected chi connectivity index (χ1v) is 18.5. The fourth-order valence-electron chi connectivity index (χ4n) is 5.26. The normalized spacial score (nSPS) is 11.7. The predicted octanol–water partition coefficient (Wildman–Crippen LogP) is -1.88. The smallest absolute Gasteiger partial charge is 0.744 e. The van der Waals surface area contributed by atoms with Gasteiger partial charge in [-0.15, -0.1) is 15.3 Å². The van der Waals surface area contributed by atoms with Gasteiger partial charge < -0.3 is 35.6 Å². The number of carboxylic acid groups (broad SMARTS) is 1. The van der Waals surface area contributed by atoms with Gasteiger partial charge in [0.1, 0.15) is 31.7 Å². The molecule has 0 aromatic heterocycles. The Morgan fingerprint density at radius 1 is 0.586 bits per heavy atom. The van der Waals surface area contributed by atoms with Crippen molar-refractivity contribution in [1.29, 1.82) is 0 Å². The Morgan fingerprint density at radius 3 is 1.62 bits per heavy atom. The largest absolute Gasteiger partial charge is 1.00 e. The van der Waals surface area contributed by atoms with Gasteiger partial charge in [0.2, 0.25) is 0 Å². The molecule has 0 aliphatic rings. The number of hydrogen-bond donors (Lipinski definition) is 3. The van der Waals surface area contributed by atoms with Crippen LogP contribution in [0.4, 0.5) is 45.5 Å². The van der Waals surface area contributed by atoms with Crippen LogP contribution >= 0.6 is 0 Å². The van der Waals surface area contributed by atoms with Crippen molar-refractivity contribution in [3.05, 3.63) is 114 Å². The molecule has 0 aliphatic carbocycles. The molecule has 0 bridgehead atoms. The van der Waals surface area contributed by atoms with E-state index >= 15 is 0 Å². The van der Waals surface area contributed by atoms with Crippen molar-refractivity contribution < 1.29 is 130 Å². The molecular weight excluding hydrogens is 822 g/mol. The van der Waals surface area contributed by atoms with E-state index in [9.17, 15) is 40.9 Å². The molecule has 6 rings (SSSR count). The SMILES string of the molecule is Cc1cc(S(=O)(=O)[O-])c(N)c(N=Nc2ccc(N=Nc3ccc(-c4ccc(N=Nc5ccc(O)c(C(=O)[O-])c5)cc4)cc3)c3cc(S(=O)(=O)[O-])ccc23)c1N.[Na+].[Na+].[Na+]. The average molecular weight is 847 g/mol. The average Bonchev–Trinajstić information content (AvgIpc) is 3.14. The summed E-state index contributed by atoms with van der Waals surface area (Å²) >= 11 is 0. The molecule has 0 fully saturated rings. The Labute approximate surface area is 397 Å². The number of carbonyl (C=O) groups is 1. The molecule has 0 saturated carbocycles. The van der Waals surface area contributed by atoms with Gasteiger partial charge in [-0.2, -0.15) is 15.3 Å². The molecule has 58 heavy (non-hydrogen) atoms. The minimum atomic E-state index is -4.97. The number of nitrogens with zero attached hydrogens (tertiary/aromatic N) is 6. The molecule has 0 amide bonds. The van der Waals surface area contributed by atoms with Crippen LogP contribution < -0.4 is 105 Å². The van der Waals surface area contributed by atoms with Crippen molar-refractivity contribution in [2.24, 2.45) is 30.7 Å². The van der Waals surface area contributed by atoms with Gasteiger partial charge in [-0.3, -0.25) is 0 Å². The Morgan fingerprint density at radius 2 is 1.09 bits per heavy atom. The van der Waals surface area contributed by atoms with Crippen molar-refractivity contribution in [2.75, 3.05) is 11.5 Å². The van der Waals surface area contributed by atoms with E-state index in [4.69, 9.17) is 11.5 Å². The van der Waals surface area contributed by atoms with Crippen LogP contribution in [0.3, 0.4) is 0 Å². The molecule has 0 atom stereocenters. The Bertz CT molecular complexity index is 2840. The van der Waals surface area contributed by atoms with Gasteiger partial charge in [0.15, 0.2) is 0 Å². The number of hydrogen-bond acceptors (Lipinski definition) is 17. The van der Waals surface area contributed by atoms with Crippen LogP contribution in [0.15, 0.2) is 144 Å². The number of anilines is 2. The molecular formula is C36H25N8Na3O9S2. The number of carbonyl (C=O) groups excluding carboxylic acids is 1. The zero-order chi connectivity index (χ0) is 39.7. The first kappa shape index (κ1) is 48.4. The summed E-state index contributed by atoms with van der Waals surface area (Å²) in [5.74, 6) is -1.98. The summed E-state index contributed by atoms with van der Waals surface area (Å²) in [4.78, 5) is 9.89. The summed E-state index contributed by atoms with van der Waals surface area (Å²) in [6.45, 7) is 1.46. The maximum absolute atomic E-state index is 11.9. The number of carboxylic acids is 1. The Kier molecular flexibility index (Phi) is 16.6. The third kappa shape index (κ3) is 11.2. The van der Waals surface area contributed by atoms with E-state index in [1.165, 1.54) is 37.3 Å². The molecule has 22 heteroatoms. The predicted molar refractivity (Wildman–Crippen MR) is 197 cm³/mol. The van der Waals surface area contributed by atoms with Crippen LogP contribution in [0, 0.1) is 6.92 Å². The van der Waals surface area contributed by atoms with Crippen LogP contribution in [0.5, 0.6) is 5.75 Å². The minimum absolute atomic E-state index is 0. The van der Waals surface area contributed by atoms with E-state index in [0.29, 0.717) is 11.4 Å². The van der Waals surface area contributed by atoms with Crippen molar-refractivity contribution in [1.82, 2.24) is 0 Å². The van der Waals surface area contributed by atoms with Crippen molar-refractivity contribution >= 4 is 82.5 Å². The van der Waals surface area contributed by atoms with Crippen LogP contribution in [-0.2, 0) is 20.2 Å². The fourth-order valence-corrected chi connectivity index (χ4v) is 6.45. The Balaban J connectivity index is 0.00000300. The second kappa shape index (κ2) is 19.9. The number of nitrogens with two attached hydrogens (primary N) is 2. The second-order valence-electron chi connectivity index (χ2n) is 11.8. The van der Waals surface area contributed by atoms with Gasteiger partial charge in [0, 0.05) is 16.3 Å². The molecule has 0 heterocycles. The van der Waals surface area contributed by atoms with E-state index in [2.05, 4.69) is 30.7 Å². The number of rotatable bonds is 10. The van der Waals surface area contributed by atoms with Crippen LogP contribution in [0.2, 0.25) is 0 Å². The van der Waals surface area contributed by atoms with E-state index in [-0.39, 0.29) is 133 Å². The van der Waals surface area contributed by atoms with Gasteiger partial charge in [-0.1, -0.05) is 30.3 Å². The number of benzene rings is 6. The minimum Gasteiger partial charge on any atom is -0.744 e. The maximum atomic E-state index is 11.9. The third-order valence-electron chi connectivity index (χ3n) is 8.13. The number of aromatic carboxylic acids is 1. The molecule has 5 N–H and O–H groups in total. The first-order chi connectivity index (χ1) is 26.0. The molecule has 0 spiro atoms. The van der Waals surface area contributed by atoms with Crippen LogP contribution in [0.1, 0.15) is 15.9 Å². The molecule has 278 valence electrons. The summed E-state index contributed by atoms with van der Waals surface area (Å²) in [7, 11) is -9.84. The van der Waals surface area contributed by atoms with E-state index < -0.39 is 53.0 Å². The van der Waals surface area contributed by atoms with Gasteiger partial charge in [0.05, 0.1) is 55.6 Å². The molecule has 17 nitrogen and oxygen atoms in total. The summed E-state index contributed by atoms with van der Waals surface area (Å²) in [6, 6.07) is 25.2. The monoisotopic (exact) mass is 846 g/mol. The third-order valence-corrected chi connectivity index (χ3v) is 9.84. The van der Waals surface area contributed by atoms with Gasteiger partial charge in [0.25, 0.3) is 0 Å². The molecule has 0 aliphatic heterocycles. The first-order valence-electron chi connectivity index (χ1n) is 15.7. The van der Waals surface area contributed by atoms with Gasteiger partial charge in [-0.25, -0.2) is 16.8 Å². The molecule has 0 saturated heterocycles. The zero-order valence-corrected chi connectivity index (χ0v) is 38.8. The molecule has 0 unspecified atom stereocenters. The van der Waals surface area contributed by atoms with Gasteiger partial charge in [-0.05, 0) is 96.4 Å². The topological polar surface area (TPSA) is 301 Å². The van der Waals surface area contributed by atoms with Crippen molar-refractivity contribution in [2.45, 2.75) is 16.7 Å². The zero-order valence-electron chi connectivity index (χ0n) is 31.2. The quantitative estimate of drug-likeness (QED) is 0.0593. The van der Waals surface area contributed by atoms with Crippen molar-refractivity contribution in [3.63, 3.8) is 0 Å². The fraction of sp³-hybridized carbons (Fsp3) is 0.0278. The van der Waals surface area contributed by atoms with Crippen molar-refractivity contribution in [3.8, 4) is 16.9 Å². The molecule has 0 radical (unpaired) electrons. The number of fused-ring (bicyclic) bond motifs is 1. The Hall–Kier alpha value is -3.93. The number of azo groups is 3. The van der Waals surface area contributed by atoms with E-state index in [1.54, 1.807) is 48.5 Å². The van der Waals surface area contributed by atoms with Crippen LogP contribution in [0.25, 0.3) is 21.9 Å². The molecule has 6 aromatic carbocycles. The van der Waals surface area contributed by atoms with E-state index in [0.717, 1.165) is 35.4 Å². The number of phenols is 1. The molecule has 6 aromatic rings. The standard InChI is InChI=1S/C36H28N8O9S2.3Na/c1-19-16-32(55(51,52)53)34(38)35(33(19)37)44-43-29-13-14-30(27-18-25(54(48,49)50)11-12-26(27)29)42-40-23-8-4-21(5-9-23)20-2-6-22(7-3-20)39-41-24-10-15-31(45)28(17-24)36(46)47;;;/h2-18,45H,37-38H2,1H3,(H,46,47)(H,48,49,50)(H,51,52,53);;;/q;3*+1/p-3.